The number of piperidine rings is 1. The molecular weight excluding hydrogens is 262 g/mol. The van der Waals surface area contributed by atoms with Crippen LogP contribution >= 0.6 is 0 Å². The largest absolute Gasteiger partial charge is 0.485 e. The van der Waals surface area contributed by atoms with Gasteiger partial charge in [0.25, 0.3) is 0 Å². The summed E-state index contributed by atoms with van der Waals surface area (Å²) in [6.45, 7) is 9.23. The minimum atomic E-state index is -0.247. The Bertz CT molecular complexity index is 389. The molecule has 0 aliphatic carbocycles. The van der Waals surface area contributed by atoms with Gasteiger partial charge in [0.2, 0.25) is 0 Å². The van der Waals surface area contributed by atoms with E-state index in [-0.39, 0.29) is 5.60 Å². The Morgan fingerprint density at radius 1 is 1.10 bits per heavy atom. The van der Waals surface area contributed by atoms with E-state index in [0.717, 1.165) is 25.3 Å². The van der Waals surface area contributed by atoms with Crippen molar-refractivity contribution in [2.75, 3.05) is 32.8 Å². The van der Waals surface area contributed by atoms with Crippen LogP contribution in [0.1, 0.15) is 39.5 Å². The Kier molecular flexibility index (Phi) is 6.52. The number of para-hydroxylation sites is 1. The maximum absolute atomic E-state index is 6.10. The fourth-order valence-corrected chi connectivity index (χ4v) is 2.64. The predicted molar refractivity (Wildman–Crippen MR) is 86.9 cm³/mol. The van der Waals surface area contributed by atoms with Gasteiger partial charge in [-0.2, -0.15) is 0 Å². The molecule has 0 saturated carbocycles. The molecule has 1 heterocycles. The summed E-state index contributed by atoms with van der Waals surface area (Å²) in [7, 11) is 0. The van der Waals surface area contributed by atoms with Crippen LogP contribution in [-0.4, -0.2) is 43.3 Å². The number of ether oxygens (including phenoxy) is 2. The molecule has 3 nitrogen and oxygen atoms in total. The zero-order valence-electron chi connectivity index (χ0n) is 13.5. The first-order valence-corrected chi connectivity index (χ1v) is 8.26. The van der Waals surface area contributed by atoms with Crippen LogP contribution in [0.4, 0.5) is 0 Å². The van der Waals surface area contributed by atoms with Gasteiger partial charge in [-0.15, -0.1) is 0 Å². The van der Waals surface area contributed by atoms with Gasteiger partial charge in [-0.3, -0.25) is 0 Å². The highest BCUT2D eigenvalue weighted by Gasteiger charge is 2.24. The first-order valence-electron chi connectivity index (χ1n) is 8.26. The van der Waals surface area contributed by atoms with Crippen LogP contribution in [0.15, 0.2) is 30.3 Å². The SMILES string of the molecule is CCC(C)(COCCN1CCCCC1)Oc1ccccc1. The molecule has 21 heavy (non-hydrogen) atoms. The van der Waals surface area contributed by atoms with Crippen LogP contribution in [-0.2, 0) is 4.74 Å². The van der Waals surface area contributed by atoms with Crippen molar-refractivity contribution in [2.45, 2.75) is 45.1 Å². The lowest BCUT2D eigenvalue weighted by atomic mass is 10.0. The van der Waals surface area contributed by atoms with E-state index in [1.54, 1.807) is 0 Å². The van der Waals surface area contributed by atoms with E-state index in [1.165, 1.54) is 32.4 Å². The molecule has 0 amide bonds. The lowest BCUT2D eigenvalue weighted by Crippen LogP contribution is -2.39. The lowest BCUT2D eigenvalue weighted by molar-refractivity contribution is -0.0234. The molecule has 1 aliphatic rings. The summed E-state index contributed by atoms with van der Waals surface area (Å²) in [5.41, 5.74) is -0.247. The second-order valence-corrected chi connectivity index (χ2v) is 6.17. The minimum absolute atomic E-state index is 0.247. The molecular formula is C18H29NO2. The highest BCUT2D eigenvalue weighted by molar-refractivity contribution is 5.21. The zero-order valence-corrected chi connectivity index (χ0v) is 13.5. The van der Waals surface area contributed by atoms with E-state index in [4.69, 9.17) is 9.47 Å². The fraction of sp³-hybridized carbons (Fsp3) is 0.667. The van der Waals surface area contributed by atoms with Gasteiger partial charge in [-0.1, -0.05) is 31.5 Å². The summed E-state index contributed by atoms with van der Waals surface area (Å²) in [6.07, 6.45) is 5.00. The molecule has 1 unspecified atom stereocenters. The van der Waals surface area contributed by atoms with E-state index in [9.17, 15) is 0 Å². The average Bonchev–Trinajstić information content (AvgIpc) is 2.54. The van der Waals surface area contributed by atoms with Crippen molar-refractivity contribution in [2.24, 2.45) is 0 Å². The van der Waals surface area contributed by atoms with E-state index in [2.05, 4.69) is 18.7 Å². The molecule has 1 saturated heterocycles. The van der Waals surface area contributed by atoms with Crippen molar-refractivity contribution in [3.8, 4) is 5.75 Å². The van der Waals surface area contributed by atoms with Gasteiger partial charge in [0.15, 0.2) is 0 Å². The van der Waals surface area contributed by atoms with Gasteiger partial charge in [-0.25, -0.2) is 0 Å². The van der Waals surface area contributed by atoms with Crippen LogP contribution in [0.25, 0.3) is 0 Å². The number of benzene rings is 1. The van der Waals surface area contributed by atoms with E-state index in [0.29, 0.717) is 6.61 Å². The second kappa shape index (κ2) is 8.40. The lowest BCUT2D eigenvalue weighted by Gasteiger charge is -2.30. The van der Waals surface area contributed by atoms with Gasteiger partial charge in [0.1, 0.15) is 11.4 Å². The third-order valence-electron chi connectivity index (χ3n) is 4.26. The van der Waals surface area contributed by atoms with Crippen LogP contribution in [0.2, 0.25) is 0 Å². The molecule has 0 N–H and O–H groups in total. The number of hydrogen-bond acceptors (Lipinski definition) is 3. The number of likely N-dealkylation sites (tertiary alicyclic amines) is 1. The first kappa shape index (κ1) is 16.3. The molecule has 0 bridgehead atoms. The van der Waals surface area contributed by atoms with E-state index < -0.39 is 0 Å². The molecule has 0 aromatic heterocycles. The Balaban J connectivity index is 1.70. The van der Waals surface area contributed by atoms with Gasteiger partial charge >= 0.3 is 0 Å². The smallest absolute Gasteiger partial charge is 0.129 e. The van der Waals surface area contributed by atoms with Crippen molar-refractivity contribution in [1.29, 1.82) is 0 Å². The average molecular weight is 291 g/mol. The Hall–Kier alpha value is -1.06. The number of hydrogen-bond donors (Lipinski definition) is 0. The van der Waals surface area contributed by atoms with Crippen LogP contribution in [0.5, 0.6) is 5.75 Å². The quantitative estimate of drug-likeness (QED) is 0.681. The normalized spacial score (nSPS) is 19.1. The molecule has 1 aromatic carbocycles. The Labute approximate surface area is 129 Å². The van der Waals surface area contributed by atoms with Gasteiger partial charge in [-0.05, 0) is 51.4 Å². The standard InChI is InChI=1S/C18H29NO2/c1-3-18(2,21-17-10-6-4-7-11-17)16-20-15-14-19-12-8-5-9-13-19/h4,6-7,10-11H,3,5,8-9,12-16H2,1-2H3. The second-order valence-electron chi connectivity index (χ2n) is 6.17. The van der Waals surface area contributed by atoms with Gasteiger partial charge in [0.05, 0.1) is 13.2 Å². The maximum Gasteiger partial charge on any atom is 0.129 e. The number of rotatable bonds is 8. The zero-order chi connectivity index (χ0) is 15.0. The minimum Gasteiger partial charge on any atom is -0.485 e. The van der Waals surface area contributed by atoms with E-state index >= 15 is 0 Å². The molecule has 0 spiro atoms. The monoisotopic (exact) mass is 291 g/mol. The molecule has 1 fully saturated rings. The molecule has 1 aliphatic heterocycles. The number of nitrogens with zero attached hydrogens (tertiary/aromatic N) is 1. The van der Waals surface area contributed by atoms with Crippen LogP contribution in [0, 0.1) is 0 Å². The van der Waals surface area contributed by atoms with Crippen molar-refractivity contribution >= 4 is 0 Å². The molecule has 1 aromatic rings. The van der Waals surface area contributed by atoms with E-state index in [1.807, 2.05) is 30.3 Å². The summed E-state index contributed by atoms with van der Waals surface area (Å²) < 4.78 is 12.0. The molecule has 2 rings (SSSR count). The highest BCUT2D eigenvalue weighted by atomic mass is 16.5. The summed E-state index contributed by atoms with van der Waals surface area (Å²) in [5.74, 6) is 0.918. The topological polar surface area (TPSA) is 21.7 Å². The van der Waals surface area contributed by atoms with Crippen LogP contribution in [0.3, 0.4) is 0 Å². The molecule has 0 radical (unpaired) electrons. The molecule has 3 heteroatoms. The summed E-state index contributed by atoms with van der Waals surface area (Å²) in [4.78, 5) is 2.50. The first-order chi connectivity index (χ1) is 10.2. The third kappa shape index (κ3) is 5.68. The predicted octanol–water partition coefficient (Wildman–Crippen LogP) is 3.74. The molecule has 118 valence electrons. The van der Waals surface area contributed by atoms with Crippen molar-refractivity contribution in [3.05, 3.63) is 30.3 Å². The summed E-state index contributed by atoms with van der Waals surface area (Å²) >= 11 is 0. The summed E-state index contributed by atoms with van der Waals surface area (Å²) in [5, 5.41) is 0. The molecule has 1 atom stereocenters. The maximum atomic E-state index is 6.10. The van der Waals surface area contributed by atoms with Crippen molar-refractivity contribution < 1.29 is 9.47 Å². The fourth-order valence-electron chi connectivity index (χ4n) is 2.64. The summed E-state index contributed by atoms with van der Waals surface area (Å²) in [6, 6.07) is 10.0. The Morgan fingerprint density at radius 3 is 2.48 bits per heavy atom. The highest BCUT2D eigenvalue weighted by Crippen LogP contribution is 2.21. The van der Waals surface area contributed by atoms with Gasteiger partial charge < -0.3 is 14.4 Å². The third-order valence-corrected chi connectivity index (χ3v) is 4.26. The van der Waals surface area contributed by atoms with Gasteiger partial charge in [0, 0.05) is 6.54 Å². The van der Waals surface area contributed by atoms with Crippen molar-refractivity contribution in [3.63, 3.8) is 0 Å². The van der Waals surface area contributed by atoms with Crippen LogP contribution < -0.4 is 4.74 Å². The Morgan fingerprint density at radius 2 is 1.81 bits per heavy atom. The van der Waals surface area contributed by atoms with Crippen molar-refractivity contribution in [1.82, 2.24) is 4.90 Å².